The highest BCUT2D eigenvalue weighted by Crippen LogP contribution is 2.12. The number of hydrogen-bond donors (Lipinski definition) is 1. The van der Waals surface area contributed by atoms with Gasteiger partial charge in [-0.3, -0.25) is 4.79 Å². The fourth-order valence-corrected chi connectivity index (χ4v) is 1.88. The van der Waals surface area contributed by atoms with Crippen molar-refractivity contribution < 1.29 is 4.79 Å². The maximum Gasteiger partial charge on any atom is 0.179 e. The fraction of sp³-hybridized carbons (Fsp3) is 0.417. The van der Waals surface area contributed by atoms with Crippen LogP contribution in [0, 0.1) is 0 Å². The van der Waals surface area contributed by atoms with E-state index in [1.54, 1.807) is 0 Å². The first-order valence-electron chi connectivity index (χ1n) is 5.20. The van der Waals surface area contributed by atoms with E-state index >= 15 is 0 Å². The lowest BCUT2D eigenvalue weighted by atomic mass is 9.96. The Bertz CT molecular complexity index is 301. The van der Waals surface area contributed by atoms with Gasteiger partial charge in [0.25, 0.3) is 0 Å². The zero-order valence-corrected chi connectivity index (χ0v) is 8.20. The van der Waals surface area contributed by atoms with E-state index in [2.05, 4.69) is 5.32 Å². The first-order valence-corrected chi connectivity index (χ1v) is 5.20. The molecule has 1 N–H and O–H groups in total. The van der Waals surface area contributed by atoms with E-state index < -0.39 is 0 Å². The van der Waals surface area contributed by atoms with Crippen molar-refractivity contribution >= 4 is 5.78 Å². The third-order valence-electron chi connectivity index (χ3n) is 2.69. The lowest BCUT2D eigenvalue weighted by Crippen LogP contribution is -2.40. The van der Waals surface area contributed by atoms with Crippen molar-refractivity contribution in [1.82, 2.24) is 5.32 Å². The molecule has 14 heavy (non-hydrogen) atoms. The molecule has 1 heterocycles. The van der Waals surface area contributed by atoms with Gasteiger partial charge in [0, 0.05) is 5.56 Å². The predicted molar refractivity (Wildman–Crippen MR) is 56.4 cm³/mol. The largest absolute Gasteiger partial charge is 0.307 e. The Balaban J connectivity index is 2.07. The second kappa shape index (κ2) is 4.38. The third-order valence-corrected chi connectivity index (χ3v) is 2.69. The molecule has 2 heteroatoms. The highest BCUT2D eigenvalue weighted by Gasteiger charge is 2.21. The van der Waals surface area contributed by atoms with E-state index in [1.807, 2.05) is 30.3 Å². The van der Waals surface area contributed by atoms with E-state index in [9.17, 15) is 4.79 Å². The lowest BCUT2D eigenvalue weighted by Gasteiger charge is -2.22. The molecule has 0 saturated carbocycles. The smallest absolute Gasteiger partial charge is 0.179 e. The van der Waals surface area contributed by atoms with Crippen molar-refractivity contribution in [1.29, 1.82) is 0 Å². The SMILES string of the molecule is O=C(c1ccccc1)[C@H]1CCCCN1. The van der Waals surface area contributed by atoms with Gasteiger partial charge in [-0.15, -0.1) is 0 Å². The highest BCUT2D eigenvalue weighted by molar-refractivity contribution is 6.00. The van der Waals surface area contributed by atoms with Crippen LogP contribution in [-0.2, 0) is 0 Å². The summed E-state index contributed by atoms with van der Waals surface area (Å²) in [5.41, 5.74) is 0.826. The van der Waals surface area contributed by atoms with Gasteiger partial charge in [-0.05, 0) is 19.4 Å². The predicted octanol–water partition coefficient (Wildman–Crippen LogP) is 2.01. The van der Waals surface area contributed by atoms with Crippen molar-refractivity contribution in [3.63, 3.8) is 0 Å². The maximum absolute atomic E-state index is 11.9. The summed E-state index contributed by atoms with van der Waals surface area (Å²) >= 11 is 0. The Hall–Kier alpha value is -1.15. The Labute approximate surface area is 84.3 Å². The van der Waals surface area contributed by atoms with Gasteiger partial charge < -0.3 is 5.32 Å². The number of Topliss-reactive ketones (excluding diaryl/α,β-unsaturated/α-hetero) is 1. The van der Waals surface area contributed by atoms with Crippen molar-refractivity contribution in [2.24, 2.45) is 0 Å². The number of nitrogens with one attached hydrogen (secondary N) is 1. The molecule has 74 valence electrons. The van der Waals surface area contributed by atoms with Crippen LogP contribution in [0.2, 0.25) is 0 Å². The van der Waals surface area contributed by atoms with Crippen LogP contribution < -0.4 is 5.32 Å². The van der Waals surface area contributed by atoms with E-state index in [0.717, 1.165) is 24.9 Å². The second-order valence-electron chi connectivity index (χ2n) is 3.73. The average molecular weight is 189 g/mol. The van der Waals surface area contributed by atoms with Crippen molar-refractivity contribution in [3.05, 3.63) is 35.9 Å². The summed E-state index contributed by atoms with van der Waals surface area (Å²) in [6, 6.07) is 9.58. The Kier molecular flexibility index (Phi) is 2.94. The molecule has 1 atom stereocenters. The average Bonchev–Trinajstić information content (AvgIpc) is 2.30. The molecular weight excluding hydrogens is 174 g/mol. The molecule has 0 unspecified atom stereocenters. The molecule has 1 aliphatic rings. The molecular formula is C12H15NO. The summed E-state index contributed by atoms with van der Waals surface area (Å²) < 4.78 is 0. The number of benzene rings is 1. The molecule has 1 aromatic rings. The summed E-state index contributed by atoms with van der Waals surface area (Å²) in [6.45, 7) is 0.975. The van der Waals surface area contributed by atoms with Crippen molar-refractivity contribution in [2.45, 2.75) is 25.3 Å². The molecule has 1 aliphatic heterocycles. The van der Waals surface area contributed by atoms with E-state index in [4.69, 9.17) is 0 Å². The molecule has 0 radical (unpaired) electrons. The van der Waals surface area contributed by atoms with Gasteiger partial charge in [0.2, 0.25) is 0 Å². The van der Waals surface area contributed by atoms with Gasteiger partial charge in [-0.1, -0.05) is 36.8 Å². The molecule has 0 amide bonds. The summed E-state index contributed by atoms with van der Waals surface area (Å²) in [7, 11) is 0. The van der Waals surface area contributed by atoms with Gasteiger partial charge in [-0.25, -0.2) is 0 Å². The Morgan fingerprint density at radius 2 is 2.00 bits per heavy atom. The van der Waals surface area contributed by atoms with Crippen LogP contribution in [0.5, 0.6) is 0 Å². The van der Waals surface area contributed by atoms with Crippen LogP contribution in [0.1, 0.15) is 29.6 Å². The number of piperidine rings is 1. The lowest BCUT2D eigenvalue weighted by molar-refractivity contribution is 0.0927. The summed E-state index contributed by atoms with van der Waals surface area (Å²) in [4.78, 5) is 11.9. The van der Waals surface area contributed by atoms with Crippen LogP contribution in [0.4, 0.5) is 0 Å². The van der Waals surface area contributed by atoms with Gasteiger partial charge in [0.05, 0.1) is 6.04 Å². The zero-order chi connectivity index (χ0) is 9.80. The number of hydrogen-bond acceptors (Lipinski definition) is 2. The van der Waals surface area contributed by atoms with Gasteiger partial charge in [-0.2, -0.15) is 0 Å². The Morgan fingerprint density at radius 3 is 2.64 bits per heavy atom. The van der Waals surface area contributed by atoms with Crippen LogP contribution >= 0.6 is 0 Å². The molecule has 1 aromatic carbocycles. The topological polar surface area (TPSA) is 29.1 Å². The van der Waals surface area contributed by atoms with Crippen LogP contribution in [0.15, 0.2) is 30.3 Å². The summed E-state index contributed by atoms with van der Waals surface area (Å²) in [5, 5.41) is 3.27. The molecule has 0 bridgehead atoms. The van der Waals surface area contributed by atoms with E-state index in [1.165, 1.54) is 6.42 Å². The van der Waals surface area contributed by atoms with E-state index in [0.29, 0.717) is 0 Å². The standard InChI is InChI=1S/C12H15NO/c14-12(10-6-2-1-3-7-10)11-8-4-5-9-13-11/h1-3,6-7,11,13H,4-5,8-9H2/t11-/m1/s1. The van der Waals surface area contributed by atoms with Gasteiger partial charge in [0.1, 0.15) is 0 Å². The minimum atomic E-state index is 0.0474. The van der Waals surface area contributed by atoms with Crippen molar-refractivity contribution in [3.8, 4) is 0 Å². The van der Waals surface area contributed by atoms with Crippen molar-refractivity contribution in [2.75, 3.05) is 6.54 Å². The first kappa shape index (κ1) is 9.41. The number of rotatable bonds is 2. The monoisotopic (exact) mass is 189 g/mol. The Morgan fingerprint density at radius 1 is 1.21 bits per heavy atom. The minimum absolute atomic E-state index is 0.0474. The van der Waals surface area contributed by atoms with Crippen LogP contribution in [-0.4, -0.2) is 18.4 Å². The summed E-state index contributed by atoms with van der Waals surface area (Å²) in [6.07, 6.45) is 3.34. The molecule has 0 spiro atoms. The maximum atomic E-state index is 11.9. The number of ketones is 1. The molecule has 1 saturated heterocycles. The van der Waals surface area contributed by atoms with Gasteiger partial charge >= 0.3 is 0 Å². The van der Waals surface area contributed by atoms with E-state index in [-0.39, 0.29) is 11.8 Å². The van der Waals surface area contributed by atoms with Gasteiger partial charge in [0.15, 0.2) is 5.78 Å². The quantitative estimate of drug-likeness (QED) is 0.721. The molecule has 1 fully saturated rings. The first-order chi connectivity index (χ1) is 6.88. The second-order valence-corrected chi connectivity index (χ2v) is 3.73. The fourth-order valence-electron chi connectivity index (χ4n) is 1.88. The number of carbonyl (C=O) groups excluding carboxylic acids is 1. The molecule has 2 nitrogen and oxygen atoms in total. The van der Waals surface area contributed by atoms with Crippen LogP contribution in [0.3, 0.4) is 0 Å². The zero-order valence-electron chi connectivity index (χ0n) is 8.20. The molecule has 2 rings (SSSR count). The minimum Gasteiger partial charge on any atom is -0.307 e. The molecule has 0 aromatic heterocycles. The number of carbonyl (C=O) groups is 1. The normalized spacial score (nSPS) is 21.9. The summed E-state index contributed by atoms with van der Waals surface area (Å²) in [5.74, 6) is 0.241. The molecule has 0 aliphatic carbocycles. The third kappa shape index (κ3) is 2.02. The van der Waals surface area contributed by atoms with Crippen LogP contribution in [0.25, 0.3) is 0 Å². The highest BCUT2D eigenvalue weighted by atomic mass is 16.1.